The van der Waals surface area contributed by atoms with E-state index < -0.39 is 6.04 Å². The average molecular weight is 254 g/mol. The van der Waals surface area contributed by atoms with Gasteiger partial charge in [-0.25, -0.2) is 4.39 Å². The molecule has 18 heavy (non-hydrogen) atoms. The number of amides is 1. The van der Waals surface area contributed by atoms with Gasteiger partial charge in [0, 0.05) is 20.2 Å². The van der Waals surface area contributed by atoms with Crippen LogP contribution < -0.4 is 5.73 Å². The van der Waals surface area contributed by atoms with Crippen LogP contribution in [0.2, 0.25) is 0 Å². The van der Waals surface area contributed by atoms with Crippen LogP contribution in [0.1, 0.15) is 12.5 Å². The van der Waals surface area contributed by atoms with Crippen molar-refractivity contribution in [2.24, 2.45) is 5.73 Å². The Morgan fingerprint density at radius 1 is 1.56 bits per heavy atom. The number of carbonyl (C=O) groups is 1. The first-order valence-corrected chi connectivity index (χ1v) is 5.86. The van der Waals surface area contributed by atoms with Gasteiger partial charge in [0.05, 0.1) is 6.61 Å². The molecule has 1 rings (SSSR count). The summed E-state index contributed by atoms with van der Waals surface area (Å²) in [5, 5.41) is 0. The molecule has 0 spiro atoms. The maximum absolute atomic E-state index is 13.1. The zero-order chi connectivity index (χ0) is 13.5. The third-order valence-corrected chi connectivity index (χ3v) is 2.62. The molecule has 0 aromatic heterocycles. The van der Waals surface area contributed by atoms with Gasteiger partial charge < -0.3 is 15.4 Å². The molecule has 0 saturated heterocycles. The van der Waals surface area contributed by atoms with Crippen LogP contribution in [0.15, 0.2) is 24.3 Å². The Bertz CT molecular complexity index is 398. The van der Waals surface area contributed by atoms with Crippen LogP contribution in [-0.4, -0.2) is 37.1 Å². The zero-order valence-corrected chi connectivity index (χ0v) is 10.7. The summed E-state index contributed by atoms with van der Waals surface area (Å²) in [5.74, 6) is -0.499. The minimum Gasteiger partial charge on any atom is -0.383 e. The number of halogens is 1. The number of hydrogen-bond acceptors (Lipinski definition) is 3. The fourth-order valence-electron chi connectivity index (χ4n) is 1.69. The van der Waals surface area contributed by atoms with Crippen LogP contribution in [0.4, 0.5) is 4.39 Å². The number of nitrogens with two attached hydrogens (primary N) is 1. The highest BCUT2D eigenvalue weighted by Gasteiger charge is 2.19. The molecule has 4 nitrogen and oxygen atoms in total. The molecule has 0 saturated carbocycles. The lowest BCUT2D eigenvalue weighted by Gasteiger charge is -2.24. The molecule has 1 unspecified atom stereocenters. The summed E-state index contributed by atoms with van der Waals surface area (Å²) in [5.41, 5.74) is 6.44. The fraction of sp³-hybridized carbons (Fsp3) is 0.462. The molecule has 1 aromatic rings. The second-order valence-electron chi connectivity index (χ2n) is 4.04. The van der Waals surface area contributed by atoms with E-state index in [1.807, 2.05) is 6.92 Å². The first-order valence-electron chi connectivity index (χ1n) is 5.86. The smallest absolute Gasteiger partial charge is 0.242 e. The van der Waals surface area contributed by atoms with Crippen LogP contribution in [0.5, 0.6) is 0 Å². The van der Waals surface area contributed by atoms with Crippen LogP contribution in [-0.2, 0) is 16.1 Å². The fourth-order valence-corrected chi connectivity index (χ4v) is 1.69. The largest absolute Gasteiger partial charge is 0.383 e. The summed E-state index contributed by atoms with van der Waals surface area (Å²) in [6, 6.07) is 5.51. The molecular weight excluding hydrogens is 235 g/mol. The number of nitrogens with zero attached hydrogens (tertiary/aromatic N) is 1. The third kappa shape index (κ3) is 4.09. The lowest BCUT2D eigenvalue weighted by molar-refractivity contribution is -0.134. The maximum Gasteiger partial charge on any atom is 0.242 e. The van der Waals surface area contributed by atoms with Gasteiger partial charge >= 0.3 is 0 Å². The molecule has 1 amide bonds. The Morgan fingerprint density at radius 3 is 2.83 bits per heavy atom. The monoisotopic (exact) mass is 254 g/mol. The van der Waals surface area contributed by atoms with Gasteiger partial charge in [-0.05, 0) is 24.6 Å². The summed E-state index contributed by atoms with van der Waals surface area (Å²) >= 11 is 0. The Balaban J connectivity index is 2.69. The number of carbonyl (C=O) groups excluding carboxylic acids is 1. The Morgan fingerprint density at radius 2 is 2.28 bits per heavy atom. The van der Waals surface area contributed by atoms with Crippen LogP contribution in [0.25, 0.3) is 0 Å². The molecule has 0 fully saturated rings. The molecule has 0 radical (unpaired) electrons. The van der Waals surface area contributed by atoms with E-state index in [0.29, 0.717) is 13.1 Å². The van der Waals surface area contributed by atoms with Crippen LogP contribution in [0, 0.1) is 5.82 Å². The van der Waals surface area contributed by atoms with E-state index in [1.165, 1.54) is 19.2 Å². The molecule has 0 heterocycles. The Labute approximate surface area is 107 Å². The van der Waals surface area contributed by atoms with E-state index in [-0.39, 0.29) is 18.3 Å². The molecule has 0 aliphatic carbocycles. The van der Waals surface area contributed by atoms with Crippen molar-refractivity contribution in [1.29, 1.82) is 0 Å². The molecular formula is C13H19FN2O2. The van der Waals surface area contributed by atoms with Gasteiger partial charge in [-0.1, -0.05) is 12.1 Å². The van der Waals surface area contributed by atoms with Crippen molar-refractivity contribution in [2.45, 2.75) is 19.5 Å². The number of ether oxygens (including phenoxy) is 1. The van der Waals surface area contributed by atoms with Crippen molar-refractivity contribution in [3.63, 3.8) is 0 Å². The van der Waals surface area contributed by atoms with Crippen molar-refractivity contribution < 1.29 is 13.9 Å². The van der Waals surface area contributed by atoms with E-state index in [2.05, 4.69) is 0 Å². The molecule has 5 heteroatoms. The van der Waals surface area contributed by atoms with Crippen molar-refractivity contribution in [2.75, 3.05) is 20.3 Å². The molecule has 2 N–H and O–H groups in total. The zero-order valence-electron chi connectivity index (χ0n) is 10.7. The average Bonchev–Trinajstić information content (AvgIpc) is 2.35. The first kappa shape index (κ1) is 14.6. The molecule has 1 aromatic carbocycles. The minimum absolute atomic E-state index is 0.179. The number of rotatable bonds is 6. The van der Waals surface area contributed by atoms with Crippen LogP contribution in [0.3, 0.4) is 0 Å². The molecule has 100 valence electrons. The molecule has 0 aliphatic heterocycles. The second-order valence-corrected chi connectivity index (χ2v) is 4.04. The van der Waals surface area contributed by atoms with Gasteiger partial charge in [0.1, 0.15) is 11.9 Å². The van der Waals surface area contributed by atoms with E-state index in [4.69, 9.17) is 10.5 Å². The van der Waals surface area contributed by atoms with E-state index in [0.717, 1.165) is 5.56 Å². The standard InChI is InChI=1S/C13H19FN2O2/c1-3-16(13(17)12(15)9-18-2)8-10-5-4-6-11(14)7-10/h4-7,12H,3,8-9,15H2,1-2H3. The van der Waals surface area contributed by atoms with Crippen LogP contribution >= 0.6 is 0 Å². The number of methoxy groups -OCH3 is 1. The highest BCUT2D eigenvalue weighted by molar-refractivity contribution is 5.81. The topological polar surface area (TPSA) is 55.6 Å². The highest BCUT2D eigenvalue weighted by atomic mass is 19.1. The van der Waals surface area contributed by atoms with Crippen molar-refractivity contribution >= 4 is 5.91 Å². The normalized spacial score (nSPS) is 12.2. The van der Waals surface area contributed by atoms with Gasteiger partial charge in [0.2, 0.25) is 5.91 Å². The molecule has 1 atom stereocenters. The summed E-state index contributed by atoms with van der Waals surface area (Å²) in [6.07, 6.45) is 0. The predicted molar refractivity (Wildman–Crippen MR) is 67.3 cm³/mol. The minimum atomic E-state index is -0.677. The van der Waals surface area contributed by atoms with Crippen molar-refractivity contribution in [3.8, 4) is 0 Å². The summed E-state index contributed by atoms with van der Waals surface area (Å²) < 4.78 is 17.9. The van der Waals surface area contributed by atoms with E-state index in [9.17, 15) is 9.18 Å². The Kier molecular flexibility index (Phi) is 5.74. The highest BCUT2D eigenvalue weighted by Crippen LogP contribution is 2.08. The van der Waals surface area contributed by atoms with Gasteiger partial charge in [-0.3, -0.25) is 4.79 Å². The molecule has 0 bridgehead atoms. The number of hydrogen-bond donors (Lipinski definition) is 1. The second kappa shape index (κ2) is 7.08. The SMILES string of the molecule is CCN(Cc1cccc(F)c1)C(=O)C(N)COC. The van der Waals surface area contributed by atoms with Gasteiger partial charge in [-0.15, -0.1) is 0 Å². The van der Waals surface area contributed by atoms with Gasteiger partial charge in [-0.2, -0.15) is 0 Å². The van der Waals surface area contributed by atoms with Crippen molar-refractivity contribution in [1.82, 2.24) is 4.90 Å². The third-order valence-electron chi connectivity index (χ3n) is 2.62. The lowest BCUT2D eigenvalue weighted by atomic mass is 10.2. The van der Waals surface area contributed by atoms with E-state index >= 15 is 0 Å². The van der Waals surface area contributed by atoms with Gasteiger partial charge in [0.15, 0.2) is 0 Å². The van der Waals surface area contributed by atoms with Crippen molar-refractivity contribution in [3.05, 3.63) is 35.6 Å². The number of likely N-dealkylation sites (N-methyl/N-ethyl adjacent to an activating group) is 1. The first-order chi connectivity index (χ1) is 8.58. The molecule has 0 aliphatic rings. The van der Waals surface area contributed by atoms with Gasteiger partial charge in [0.25, 0.3) is 0 Å². The summed E-state index contributed by atoms with van der Waals surface area (Å²) in [7, 11) is 1.50. The maximum atomic E-state index is 13.1. The van der Waals surface area contributed by atoms with E-state index in [1.54, 1.807) is 17.0 Å². The lowest BCUT2D eigenvalue weighted by Crippen LogP contribution is -2.45. The quantitative estimate of drug-likeness (QED) is 0.828. The summed E-state index contributed by atoms with van der Waals surface area (Å²) in [6.45, 7) is 2.91. The predicted octanol–water partition coefficient (Wildman–Crippen LogP) is 1.15. The Hall–Kier alpha value is -1.46. The number of benzene rings is 1. The summed E-state index contributed by atoms with van der Waals surface area (Å²) in [4.78, 5) is 13.6.